The summed E-state index contributed by atoms with van der Waals surface area (Å²) in [6, 6.07) is 15.5. The summed E-state index contributed by atoms with van der Waals surface area (Å²) in [7, 11) is 1.59. The van der Waals surface area contributed by atoms with Crippen LogP contribution >= 0.6 is 0 Å². The third kappa shape index (κ3) is 4.17. The lowest BCUT2D eigenvalue weighted by Gasteiger charge is -2.24. The van der Waals surface area contributed by atoms with Crippen molar-refractivity contribution < 1.29 is 18.9 Å². The lowest BCUT2D eigenvalue weighted by Crippen LogP contribution is -2.21. The van der Waals surface area contributed by atoms with E-state index in [1.165, 1.54) is 0 Å². The summed E-state index contributed by atoms with van der Waals surface area (Å²) in [4.78, 5) is 0. The number of aromatic nitrogens is 2. The molecule has 0 saturated carbocycles. The van der Waals surface area contributed by atoms with Crippen molar-refractivity contribution in [2.24, 2.45) is 5.73 Å². The molecule has 1 atom stereocenters. The van der Waals surface area contributed by atoms with Crippen LogP contribution < -0.4 is 24.7 Å². The summed E-state index contributed by atoms with van der Waals surface area (Å²) >= 11 is 0. The SMILES string of the molecule is CCCOc1ccc(C2C(C#N)=C(N)Oc3n[nH]c(-c4ccc(OCC)c(OC)c4)c32)cc1. The van der Waals surface area contributed by atoms with Crippen molar-refractivity contribution in [2.75, 3.05) is 20.3 Å². The van der Waals surface area contributed by atoms with Gasteiger partial charge in [0.1, 0.15) is 17.4 Å². The molecule has 0 fully saturated rings. The predicted octanol–water partition coefficient (Wildman–Crippen LogP) is 4.49. The lowest BCUT2D eigenvalue weighted by atomic mass is 9.83. The molecule has 0 saturated heterocycles. The predicted molar refractivity (Wildman–Crippen MR) is 123 cm³/mol. The third-order valence-electron chi connectivity index (χ3n) is 5.38. The number of fused-ring (bicyclic) bond motifs is 1. The number of hydrogen-bond acceptors (Lipinski definition) is 7. The quantitative estimate of drug-likeness (QED) is 0.524. The van der Waals surface area contributed by atoms with Gasteiger partial charge in [0.25, 0.3) is 0 Å². The summed E-state index contributed by atoms with van der Waals surface area (Å²) in [6.45, 7) is 5.14. The first-order chi connectivity index (χ1) is 16.1. The van der Waals surface area contributed by atoms with Crippen molar-refractivity contribution in [1.29, 1.82) is 5.26 Å². The number of H-pyrrole nitrogens is 1. The maximum absolute atomic E-state index is 9.91. The molecule has 0 spiro atoms. The Balaban J connectivity index is 1.81. The summed E-state index contributed by atoms with van der Waals surface area (Å²) in [5, 5.41) is 17.3. The van der Waals surface area contributed by atoms with E-state index in [-0.39, 0.29) is 5.88 Å². The molecule has 3 N–H and O–H groups in total. The van der Waals surface area contributed by atoms with Crippen LogP contribution in [-0.2, 0) is 0 Å². The highest BCUT2D eigenvalue weighted by atomic mass is 16.5. The number of rotatable bonds is 8. The van der Waals surface area contributed by atoms with Gasteiger partial charge in [-0.2, -0.15) is 5.26 Å². The summed E-state index contributed by atoms with van der Waals surface area (Å²) in [5.74, 6) is 1.94. The van der Waals surface area contributed by atoms with Crippen molar-refractivity contribution in [1.82, 2.24) is 10.2 Å². The number of nitriles is 1. The molecule has 1 aromatic heterocycles. The van der Waals surface area contributed by atoms with E-state index in [0.29, 0.717) is 41.9 Å². The fourth-order valence-electron chi connectivity index (χ4n) is 3.87. The standard InChI is InChI=1S/C25H26N4O4/c1-4-12-32-17-9-6-15(7-10-17)21-18(14-26)24(27)33-25-22(21)23(28-29-25)16-8-11-19(31-5-2)20(13-16)30-3/h6-11,13,21H,4-5,12,27H2,1-3H3,(H,28,29). The van der Waals surface area contributed by atoms with Gasteiger partial charge < -0.3 is 24.7 Å². The molecule has 3 aromatic rings. The van der Waals surface area contributed by atoms with Crippen LogP contribution in [0.3, 0.4) is 0 Å². The third-order valence-corrected chi connectivity index (χ3v) is 5.38. The Morgan fingerprint density at radius 1 is 1.12 bits per heavy atom. The smallest absolute Gasteiger partial charge is 0.244 e. The fourth-order valence-corrected chi connectivity index (χ4v) is 3.87. The number of nitrogens with one attached hydrogen (secondary N) is 1. The lowest BCUT2D eigenvalue weighted by molar-refractivity contribution is 0.311. The van der Waals surface area contributed by atoms with E-state index in [1.807, 2.05) is 49.4 Å². The van der Waals surface area contributed by atoms with E-state index in [4.69, 9.17) is 24.7 Å². The van der Waals surface area contributed by atoms with E-state index in [0.717, 1.165) is 28.9 Å². The number of nitrogens with two attached hydrogens (primary N) is 1. The van der Waals surface area contributed by atoms with Crippen LogP contribution in [0, 0.1) is 11.3 Å². The summed E-state index contributed by atoms with van der Waals surface area (Å²) in [6.07, 6.45) is 0.923. The molecule has 1 aliphatic rings. The topological polar surface area (TPSA) is 115 Å². The Morgan fingerprint density at radius 3 is 2.58 bits per heavy atom. The number of methoxy groups -OCH3 is 1. The second kappa shape index (κ2) is 9.57. The zero-order chi connectivity index (χ0) is 23.4. The van der Waals surface area contributed by atoms with Gasteiger partial charge in [-0.3, -0.25) is 5.10 Å². The molecule has 2 heterocycles. The van der Waals surface area contributed by atoms with Crippen LogP contribution in [0.4, 0.5) is 0 Å². The maximum atomic E-state index is 9.91. The van der Waals surface area contributed by atoms with Crippen LogP contribution in [0.25, 0.3) is 11.3 Å². The number of aromatic amines is 1. The van der Waals surface area contributed by atoms with Gasteiger partial charge >= 0.3 is 0 Å². The average molecular weight is 447 g/mol. The van der Waals surface area contributed by atoms with E-state index < -0.39 is 5.92 Å². The van der Waals surface area contributed by atoms with E-state index in [2.05, 4.69) is 23.2 Å². The Hall–Kier alpha value is -4.12. The average Bonchev–Trinajstić information content (AvgIpc) is 3.26. The molecule has 33 heavy (non-hydrogen) atoms. The van der Waals surface area contributed by atoms with Crippen LogP contribution in [0.5, 0.6) is 23.1 Å². The van der Waals surface area contributed by atoms with Gasteiger partial charge in [-0.05, 0) is 49.2 Å². The molecule has 0 radical (unpaired) electrons. The molecule has 170 valence electrons. The van der Waals surface area contributed by atoms with Gasteiger partial charge in [-0.15, -0.1) is 5.10 Å². The first kappa shape index (κ1) is 22.1. The minimum atomic E-state index is -0.453. The number of hydrogen-bond donors (Lipinski definition) is 2. The minimum absolute atomic E-state index is 0.0450. The van der Waals surface area contributed by atoms with Gasteiger partial charge in [0.05, 0.1) is 37.5 Å². The molecular formula is C25H26N4O4. The van der Waals surface area contributed by atoms with Gasteiger partial charge in [0.2, 0.25) is 11.8 Å². The maximum Gasteiger partial charge on any atom is 0.244 e. The highest BCUT2D eigenvalue weighted by molar-refractivity contribution is 5.73. The van der Waals surface area contributed by atoms with Crippen LogP contribution in [0.1, 0.15) is 37.3 Å². The molecule has 0 amide bonds. The highest BCUT2D eigenvalue weighted by Gasteiger charge is 2.35. The van der Waals surface area contributed by atoms with Crippen LogP contribution in [-0.4, -0.2) is 30.5 Å². The molecule has 8 nitrogen and oxygen atoms in total. The zero-order valence-electron chi connectivity index (χ0n) is 18.8. The molecule has 2 aromatic carbocycles. The normalized spacial score (nSPS) is 14.8. The van der Waals surface area contributed by atoms with Crippen molar-refractivity contribution >= 4 is 0 Å². The van der Waals surface area contributed by atoms with E-state index >= 15 is 0 Å². The fraction of sp³-hybridized carbons (Fsp3) is 0.280. The molecule has 1 unspecified atom stereocenters. The minimum Gasteiger partial charge on any atom is -0.494 e. The van der Waals surface area contributed by atoms with E-state index in [1.54, 1.807) is 7.11 Å². The van der Waals surface area contributed by atoms with E-state index in [9.17, 15) is 5.26 Å². The van der Waals surface area contributed by atoms with Crippen molar-refractivity contribution in [3.63, 3.8) is 0 Å². The number of benzene rings is 2. The van der Waals surface area contributed by atoms with Crippen LogP contribution in [0.2, 0.25) is 0 Å². The van der Waals surface area contributed by atoms with Crippen LogP contribution in [0.15, 0.2) is 53.9 Å². The van der Waals surface area contributed by atoms with Crippen molar-refractivity contribution in [3.05, 3.63) is 65.0 Å². The zero-order valence-corrected chi connectivity index (χ0v) is 18.8. The molecule has 4 rings (SSSR count). The number of ether oxygens (including phenoxy) is 4. The molecule has 8 heteroatoms. The molecular weight excluding hydrogens is 420 g/mol. The number of nitrogens with zero attached hydrogens (tertiary/aromatic N) is 2. The second-order valence-electron chi connectivity index (χ2n) is 7.46. The molecule has 0 aliphatic carbocycles. The Bertz CT molecular complexity index is 1210. The Labute approximate surface area is 192 Å². The second-order valence-corrected chi connectivity index (χ2v) is 7.46. The number of allylic oxidation sites excluding steroid dienone is 1. The van der Waals surface area contributed by atoms with Crippen molar-refractivity contribution in [3.8, 4) is 40.5 Å². The first-order valence-electron chi connectivity index (χ1n) is 10.8. The van der Waals surface area contributed by atoms with Gasteiger partial charge in [0.15, 0.2) is 11.5 Å². The van der Waals surface area contributed by atoms with Gasteiger partial charge in [0, 0.05) is 5.56 Å². The molecule has 1 aliphatic heterocycles. The summed E-state index contributed by atoms with van der Waals surface area (Å²) in [5.41, 5.74) is 9.56. The Kier molecular flexibility index (Phi) is 6.41. The monoisotopic (exact) mass is 446 g/mol. The van der Waals surface area contributed by atoms with Gasteiger partial charge in [-0.25, -0.2) is 0 Å². The highest BCUT2D eigenvalue weighted by Crippen LogP contribution is 2.46. The Morgan fingerprint density at radius 2 is 1.91 bits per heavy atom. The molecule has 0 bridgehead atoms. The summed E-state index contributed by atoms with van der Waals surface area (Å²) < 4.78 is 22.5. The largest absolute Gasteiger partial charge is 0.494 e. The van der Waals surface area contributed by atoms with Crippen molar-refractivity contribution in [2.45, 2.75) is 26.2 Å². The van der Waals surface area contributed by atoms with Gasteiger partial charge in [-0.1, -0.05) is 19.1 Å². The first-order valence-corrected chi connectivity index (χ1v) is 10.8.